The molecule has 0 saturated carbocycles. The van der Waals surface area contributed by atoms with E-state index in [1.807, 2.05) is 20.8 Å². The summed E-state index contributed by atoms with van der Waals surface area (Å²) in [5, 5.41) is 0. The zero-order valence-electron chi connectivity index (χ0n) is 26.2. The Hall–Kier alpha value is -3.14. The smallest absolute Gasteiger partial charge is 0.458 e. The summed E-state index contributed by atoms with van der Waals surface area (Å²) in [6.45, 7) is 16.3. The summed E-state index contributed by atoms with van der Waals surface area (Å²) in [4.78, 5) is 50.1. The first-order chi connectivity index (χ1) is 19.1. The highest BCUT2D eigenvalue weighted by molar-refractivity contribution is 5.81. The molecule has 0 aromatic heterocycles. The van der Waals surface area contributed by atoms with Crippen LogP contribution in [0.25, 0.3) is 0 Å². The average molecular weight is 580 g/mol. The number of carbonyl (C=O) groups is 4. The first-order valence-electron chi connectivity index (χ1n) is 14.4. The van der Waals surface area contributed by atoms with Crippen LogP contribution < -0.4 is 15.2 Å². The molecular weight excluding hydrogens is 530 g/mol. The van der Waals surface area contributed by atoms with E-state index in [4.69, 9.17) is 29.4 Å². The molecule has 0 fully saturated rings. The Kier molecular flexibility index (Phi) is 14.3. The minimum atomic E-state index is -1.06. The highest BCUT2D eigenvalue weighted by Crippen LogP contribution is 2.34. The molecule has 0 aliphatic carbocycles. The molecule has 0 radical (unpaired) electrons. The van der Waals surface area contributed by atoms with Gasteiger partial charge in [0.25, 0.3) is 0 Å². The van der Waals surface area contributed by atoms with Crippen LogP contribution in [0.1, 0.15) is 100.0 Å². The molecular formula is C31H49NO9. The number of benzene rings is 1. The van der Waals surface area contributed by atoms with Crippen LogP contribution >= 0.6 is 0 Å². The van der Waals surface area contributed by atoms with Crippen LogP contribution in [-0.4, -0.2) is 48.9 Å². The maximum absolute atomic E-state index is 12.8. The van der Waals surface area contributed by atoms with Gasteiger partial charge in [-0.3, -0.25) is 14.4 Å². The van der Waals surface area contributed by atoms with Crippen molar-refractivity contribution in [2.45, 2.75) is 119 Å². The second kappa shape index (κ2) is 16.3. The first-order valence-corrected chi connectivity index (χ1v) is 14.4. The van der Waals surface area contributed by atoms with Gasteiger partial charge in [-0.2, -0.15) is 0 Å². The quantitative estimate of drug-likeness (QED) is 0.143. The molecule has 2 N–H and O–H groups in total. The van der Waals surface area contributed by atoms with Crippen LogP contribution in [0.15, 0.2) is 18.2 Å². The summed E-state index contributed by atoms with van der Waals surface area (Å²) in [5.41, 5.74) is 5.19. The largest absolute Gasteiger partial charge is 0.508 e. The number of ether oxygens (including phenoxy) is 5. The van der Waals surface area contributed by atoms with E-state index in [1.165, 1.54) is 12.1 Å². The van der Waals surface area contributed by atoms with Crippen molar-refractivity contribution < 1.29 is 42.9 Å². The van der Waals surface area contributed by atoms with Crippen molar-refractivity contribution >= 4 is 24.1 Å². The zero-order valence-corrected chi connectivity index (χ0v) is 26.2. The number of carbonyl (C=O) groups excluding carboxylic acids is 4. The van der Waals surface area contributed by atoms with Gasteiger partial charge in [0.2, 0.25) is 0 Å². The van der Waals surface area contributed by atoms with Gasteiger partial charge in [-0.05, 0) is 84.9 Å². The van der Waals surface area contributed by atoms with Crippen molar-refractivity contribution in [3.05, 3.63) is 23.8 Å². The minimum Gasteiger partial charge on any atom is -0.458 e. The first kappa shape index (κ1) is 35.9. The molecule has 3 atom stereocenters. The van der Waals surface area contributed by atoms with Gasteiger partial charge < -0.3 is 29.4 Å². The highest BCUT2D eigenvalue weighted by Gasteiger charge is 2.32. The number of unbranched alkanes of at least 4 members (excludes halogenated alkanes) is 2. The summed E-state index contributed by atoms with van der Waals surface area (Å²) >= 11 is 0. The third-order valence-corrected chi connectivity index (χ3v) is 7.26. The van der Waals surface area contributed by atoms with Gasteiger partial charge in [-0.15, -0.1) is 0 Å². The molecule has 1 aromatic rings. The Balaban J connectivity index is 2.96. The van der Waals surface area contributed by atoms with Gasteiger partial charge >= 0.3 is 24.1 Å². The summed E-state index contributed by atoms with van der Waals surface area (Å²) in [6.07, 6.45) is 1.50. The fourth-order valence-electron chi connectivity index (χ4n) is 3.10. The molecule has 0 aliphatic heterocycles. The van der Waals surface area contributed by atoms with Crippen LogP contribution in [0, 0.1) is 10.8 Å². The molecule has 0 spiro atoms. The van der Waals surface area contributed by atoms with Crippen molar-refractivity contribution in [1.82, 2.24) is 0 Å². The summed E-state index contributed by atoms with van der Waals surface area (Å²) in [5.74, 6) is -1.49. The third-order valence-electron chi connectivity index (χ3n) is 7.26. The molecule has 10 nitrogen and oxygen atoms in total. The number of hydrogen-bond acceptors (Lipinski definition) is 10. The fourth-order valence-corrected chi connectivity index (χ4v) is 3.10. The number of esters is 3. The van der Waals surface area contributed by atoms with E-state index in [-0.39, 0.29) is 24.5 Å². The lowest BCUT2D eigenvalue weighted by Crippen LogP contribution is -2.39. The summed E-state index contributed by atoms with van der Waals surface area (Å²) in [6, 6.07) is 3.63. The Labute approximate surface area is 244 Å². The molecule has 0 aliphatic rings. The van der Waals surface area contributed by atoms with E-state index in [1.54, 1.807) is 47.6 Å². The molecule has 0 unspecified atom stereocenters. The molecule has 232 valence electrons. The van der Waals surface area contributed by atoms with Gasteiger partial charge in [-0.1, -0.05) is 39.7 Å². The lowest BCUT2D eigenvalue weighted by molar-refractivity contribution is -0.155. The molecule has 41 heavy (non-hydrogen) atoms. The van der Waals surface area contributed by atoms with Crippen molar-refractivity contribution in [2.24, 2.45) is 16.6 Å². The van der Waals surface area contributed by atoms with Gasteiger partial charge in [0.1, 0.15) is 18.2 Å². The second-order valence-electron chi connectivity index (χ2n) is 11.6. The van der Waals surface area contributed by atoms with E-state index in [9.17, 15) is 19.2 Å². The molecule has 0 amide bonds. The summed E-state index contributed by atoms with van der Waals surface area (Å²) in [7, 11) is 0. The maximum Gasteiger partial charge on any atom is 0.508 e. The number of hydrogen-bond donors (Lipinski definition) is 1. The van der Waals surface area contributed by atoms with Crippen molar-refractivity contribution in [3.8, 4) is 11.5 Å². The zero-order chi connectivity index (χ0) is 31.4. The lowest BCUT2D eigenvalue weighted by Gasteiger charge is -2.24. The van der Waals surface area contributed by atoms with E-state index in [0.717, 1.165) is 19.3 Å². The summed E-state index contributed by atoms with van der Waals surface area (Å²) < 4.78 is 26.9. The fraction of sp³-hybridized carbons (Fsp3) is 0.677. The Morgan fingerprint density at radius 3 is 1.88 bits per heavy atom. The topological polar surface area (TPSA) is 140 Å². The van der Waals surface area contributed by atoms with E-state index >= 15 is 0 Å². The Bertz CT molecular complexity index is 1030. The maximum atomic E-state index is 12.8. The molecule has 10 heteroatoms. The van der Waals surface area contributed by atoms with E-state index in [0.29, 0.717) is 18.4 Å². The minimum absolute atomic E-state index is 0.0522. The normalized spacial score (nSPS) is 13.9. The molecule has 1 rings (SSSR count). The average Bonchev–Trinajstić information content (AvgIpc) is 2.92. The van der Waals surface area contributed by atoms with Crippen LogP contribution in [0.3, 0.4) is 0 Å². The highest BCUT2D eigenvalue weighted by atomic mass is 16.7. The van der Waals surface area contributed by atoms with Crippen LogP contribution in [0.2, 0.25) is 0 Å². The van der Waals surface area contributed by atoms with Gasteiger partial charge in [0, 0.05) is 0 Å². The number of rotatable bonds is 16. The Morgan fingerprint density at radius 2 is 1.34 bits per heavy atom. The van der Waals surface area contributed by atoms with Crippen LogP contribution in [0.5, 0.6) is 11.5 Å². The van der Waals surface area contributed by atoms with Gasteiger partial charge in [0.15, 0.2) is 11.5 Å². The molecule has 0 heterocycles. The second-order valence-corrected chi connectivity index (χ2v) is 11.6. The predicted octanol–water partition coefficient (Wildman–Crippen LogP) is 5.90. The van der Waals surface area contributed by atoms with E-state index in [2.05, 4.69) is 0 Å². The van der Waals surface area contributed by atoms with Crippen molar-refractivity contribution in [3.63, 3.8) is 0 Å². The molecule has 1 aromatic carbocycles. The monoisotopic (exact) mass is 579 g/mol. The van der Waals surface area contributed by atoms with Crippen molar-refractivity contribution in [1.29, 1.82) is 0 Å². The molecule has 0 saturated heterocycles. The standard InChI is InChI=1S/C31H49NO9/c1-10-13-14-17-37-29(36)39-21(5)20(4)38-26(33)23(32)18-22-15-16-24(40-27(34)30(6,7)11-2)25(19-22)41-28(35)31(8,9)12-3/h15-16,19-21,23H,10-14,17-18,32H2,1-9H3/t20-,21-,23-/m0/s1. The Morgan fingerprint density at radius 1 is 0.805 bits per heavy atom. The van der Waals surface area contributed by atoms with Gasteiger partial charge in [0.05, 0.1) is 17.4 Å². The van der Waals surface area contributed by atoms with Crippen LogP contribution in [-0.2, 0) is 35.0 Å². The predicted molar refractivity (Wildman–Crippen MR) is 155 cm³/mol. The molecule has 0 bridgehead atoms. The van der Waals surface area contributed by atoms with Crippen LogP contribution in [0.4, 0.5) is 4.79 Å². The SMILES string of the molecule is CCCCCOC(=O)O[C@@H](C)[C@H](C)OC(=O)[C@@H](N)Cc1ccc(OC(=O)C(C)(C)CC)c(OC(=O)C(C)(C)CC)c1. The van der Waals surface area contributed by atoms with Gasteiger partial charge in [-0.25, -0.2) is 4.79 Å². The number of nitrogens with two attached hydrogens (primary N) is 1. The lowest BCUT2D eigenvalue weighted by atomic mass is 9.90. The third kappa shape index (κ3) is 11.7. The van der Waals surface area contributed by atoms with Crippen molar-refractivity contribution in [2.75, 3.05) is 6.61 Å². The van der Waals surface area contributed by atoms with E-state index < -0.39 is 53.1 Å².